The Morgan fingerprint density at radius 3 is 2.70 bits per heavy atom. The number of thiazole rings is 1. The third-order valence-electron chi connectivity index (χ3n) is 3.84. The average Bonchev–Trinajstić information content (AvgIpc) is 2.95. The highest BCUT2D eigenvalue weighted by Crippen LogP contribution is 2.21. The average molecular weight is 295 g/mol. The lowest BCUT2D eigenvalue weighted by Crippen LogP contribution is -2.43. The highest BCUT2D eigenvalue weighted by Gasteiger charge is 2.41. The number of carbonyl (C=O) groups excluding carboxylic acids is 2. The van der Waals surface area contributed by atoms with Gasteiger partial charge in [-0.1, -0.05) is 13.8 Å². The zero-order chi connectivity index (χ0) is 14.7. The number of nitrogens with zero attached hydrogens (tertiary/aromatic N) is 2. The summed E-state index contributed by atoms with van der Waals surface area (Å²) in [6.07, 6.45) is 1.90. The maximum absolute atomic E-state index is 12.3. The van der Waals surface area contributed by atoms with Crippen molar-refractivity contribution in [3.05, 3.63) is 16.1 Å². The van der Waals surface area contributed by atoms with E-state index in [1.165, 1.54) is 4.90 Å². The SMILES string of the molecule is CCC(CC)N1C(=O)CC(NCc2scnc2C)C1=O. The topological polar surface area (TPSA) is 62.3 Å². The van der Waals surface area contributed by atoms with Crippen molar-refractivity contribution in [2.75, 3.05) is 0 Å². The van der Waals surface area contributed by atoms with Crippen LogP contribution >= 0.6 is 11.3 Å². The van der Waals surface area contributed by atoms with Crippen LogP contribution in [0.15, 0.2) is 5.51 Å². The van der Waals surface area contributed by atoms with Crippen molar-refractivity contribution in [1.82, 2.24) is 15.2 Å². The Labute approximate surface area is 123 Å². The summed E-state index contributed by atoms with van der Waals surface area (Å²) in [5.74, 6) is -0.131. The van der Waals surface area contributed by atoms with E-state index < -0.39 is 0 Å². The quantitative estimate of drug-likeness (QED) is 0.814. The second kappa shape index (κ2) is 6.45. The molecule has 1 fully saturated rings. The van der Waals surface area contributed by atoms with E-state index in [4.69, 9.17) is 0 Å². The maximum atomic E-state index is 12.3. The Bertz CT molecular complexity index is 496. The normalized spacial score (nSPS) is 19.4. The molecule has 110 valence electrons. The number of aryl methyl sites for hydroxylation is 1. The second-order valence-electron chi connectivity index (χ2n) is 5.07. The van der Waals surface area contributed by atoms with Crippen LogP contribution in [0.5, 0.6) is 0 Å². The van der Waals surface area contributed by atoms with Crippen molar-refractivity contribution in [2.24, 2.45) is 0 Å². The van der Waals surface area contributed by atoms with E-state index in [2.05, 4.69) is 10.3 Å². The molecule has 6 heteroatoms. The third-order valence-corrected chi connectivity index (χ3v) is 4.78. The fraction of sp³-hybridized carbons (Fsp3) is 0.643. The number of imide groups is 1. The zero-order valence-corrected chi connectivity index (χ0v) is 13.0. The minimum absolute atomic E-state index is 0.0342. The van der Waals surface area contributed by atoms with E-state index >= 15 is 0 Å². The van der Waals surface area contributed by atoms with Crippen molar-refractivity contribution in [2.45, 2.75) is 58.7 Å². The van der Waals surface area contributed by atoms with Crippen molar-refractivity contribution in [3.8, 4) is 0 Å². The van der Waals surface area contributed by atoms with Gasteiger partial charge in [0.15, 0.2) is 0 Å². The van der Waals surface area contributed by atoms with Gasteiger partial charge in [-0.3, -0.25) is 14.5 Å². The molecule has 0 bridgehead atoms. The van der Waals surface area contributed by atoms with Gasteiger partial charge in [-0.2, -0.15) is 0 Å². The van der Waals surface area contributed by atoms with Gasteiger partial charge >= 0.3 is 0 Å². The molecule has 1 aliphatic rings. The van der Waals surface area contributed by atoms with Crippen LogP contribution in [0.25, 0.3) is 0 Å². The van der Waals surface area contributed by atoms with Gasteiger partial charge in [-0.25, -0.2) is 4.98 Å². The molecule has 1 N–H and O–H groups in total. The zero-order valence-electron chi connectivity index (χ0n) is 12.2. The molecule has 0 aliphatic carbocycles. The number of likely N-dealkylation sites (tertiary alicyclic amines) is 1. The molecule has 2 heterocycles. The van der Waals surface area contributed by atoms with Crippen molar-refractivity contribution >= 4 is 23.2 Å². The van der Waals surface area contributed by atoms with Crippen molar-refractivity contribution < 1.29 is 9.59 Å². The van der Waals surface area contributed by atoms with Gasteiger partial charge in [0, 0.05) is 17.5 Å². The molecular formula is C14H21N3O2S. The van der Waals surface area contributed by atoms with E-state index in [-0.39, 0.29) is 30.3 Å². The molecule has 1 saturated heterocycles. The summed E-state index contributed by atoms with van der Waals surface area (Å²) in [6.45, 7) is 6.56. The Morgan fingerprint density at radius 2 is 2.15 bits per heavy atom. The van der Waals surface area contributed by atoms with E-state index in [9.17, 15) is 9.59 Å². The van der Waals surface area contributed by atoms with Crippen LogP contribution in [0.4, 0.5) is 0 Å². The van der Waals surface area contributed by atoms with E-state index in [0.717, 1.165) is 23.4 Å². The second-order valence-corrected chi connectivity index (χ2v) is 6.01. The van der Waals surface area contributed by atoms with Crippen LogP contribution < -0.4 is 5.32 Å². The Balaban J connectivity index is 1.99. The Kier molecular flexibility index (Phi) is 4.88. The minimum atomic E-state index is -0.385. The third kappa shape index (κ3) is 2.91. The molecule has 0 radical (unpaired) electrons. The minimum Gasteiger partial charge on any atom is -0.300 e. The van der Waals surface area contributed by atoms with Gasteiger partial charge in [0.1, 0.15) is 0 Å². The molecule has 0 aromatic carbocycles. The number of nitrogens with one attached hydrogen (secondary N) is 1. The molecule has 0 spiro atoms. The predicted octanol–water partition coefficient (Wildman–Crippen LogP) is 1.86. The molecule has 1 aliphatic heterocycles. The maximum Gasteiger partial charge on any atom is 0.247 e. The van der Waals surface area contributed by atoms with Crippen LogP contribution in [0.3, 0.4) is 0 Å². The first kappa shape index (κ1) is 15.1. The van der Waals surface area contributed by atoms with Crippen molar-refractivity contribution in [3.63, 3.8) is 0 Å². The summed E-state index contributed by atoms with van der Waals surface area (Å²) in [6, 6.07) is -0.350. The standard InChI is InChI=1S/C14H21N3O2S/c1-4-10(5-2)17-13(18)6-11(14(17)19)15-7-12-9(3)16-8-20-12/h8,10-11,15H,4-7H2,1-3H3. The first-order chi connectivity index (χ1) is 9.58. The van der Waals surface area contributed by atoms with Crippen LogP contribution in [-0.4, -0.2) is 33.8 Å². The van der Waals surface area contributed by atoms with E-state index in [0.29, 0.717) is 6.54 Å². The predicted molar refractivity (Wildman–Crippen MR) is 78.3 cm³/mol. The summed E-state index contributed by atoms with van der Waals surface area (Å²) < 4.78 is 0. The molecule has 1 unspecified atom stereocenters. The molecule has 1 aromatic rings. The van der Waals surface area contributed by atoms with Crippen LogP contribution in [0.2, 0.25) is 0 Å². The monoisotopic (exact) mass is 295 g/mol. The van der Waals surface area contributed by atoms with E-state index in [1.54, 1.807) is 16.8 Å². The molecule has 2 amide bonds. The van der Waals surface area contributed by atoms with Gasteiger partial charge in [-0.05, 0) is 19.8 Å². The summed E-state index contributed by atoms with van der Waals surface area (Å²) in [7, 11) is 0. The summed E-state index contributed by atoms with van der Waals surface area (Å²) in [5, 5.41) is 3.20. The molecular weight excluding hydrogens is 274 g/mol. The van der Waals surface area contributed by atoms with Crippen molar-refractivity contribution in [1.29, 1.82) is 0 Å². The highest BCUT2D eigenvalue weighted by molar-refractivity contribution is 7.09. The molecule has 1 aromatic heterocycles. The van der Waals surface area contributed by atoms with Crippen LogP contribution in [0, 0.1) is 6.92 Å². The number of hydrogen-bond acceptors (Lipinski definition) is 5. The summed E-state index contributed by atoms with van der Waals surface area (Å²) in [4.78, 5) is 31.1. The lowest BCUT2D eigenvalue weighted by Gasteiger charge is -2.24. The lowest BCUT2D eigenvalue weighted by molar-refractivity contribution is -0.141. The highest BCUT2D eigenvalue weighted by atomic mass is 32.1. The molecule has 1 atom stereocenters. The summed E-state index contributed by atoms with van der Waals surface area (Å²) >= 11 is 1.57. The van der Waals surface area contributed by atoms with E-state index in [1.807, 2.05) is 20.8 Å². The molecule has 0 saturated carbocycles. The fourth-order valence-electron chi connectivity index (χ4n) is 2.56. The lowest BCUT2D eigenvalue weighted by atomic mass is 10.1. The van der Waals surface area contributed by atoms with Gasteiger partial charge in [0.05, 0.1) is 23.7 Å². The first-order valence-corrected chi connectivity index (χ1v) is 7.94. The smallest absolute Gasteiger partial charge is 0.247 e. The Hall–Kier alpha value is -1.27. The van der Waals surface area contributed by atoms with Gasteiger partial charge in [-0.15, -0.1) is 11.3 Å². The largest absolute Gasteiger partial charge is 0.300 e. The van der Waals surface area contributed by atoms with Crippen LogP contribution in [0.1, 0.15) is 43.7 Å². The number of carbonyl (C=O) groups is 2. The number of aromatic nitrogens is 1. The number of hydrogen-bond donors (Lipinski definition) is 1. The number of rotatable bonds is 6. The van der Waals surface area contributed by atoms with Crippen LogP contribution in [-0.2, 0) is 16.1 Å². The molecule has 5 nitrogen and oxygen atoms in total. The van der Waals surface area contributed by atoms with Gasteiger partial charge in [0.2, 0.25) is 11.8 Å². The Morgan fingerprint density at radius 1 is 1.45 bits per heavy atom. The summed E-state index contributed by atoms with van der Waals surface area (Å²) in [5.41, 5.74) is 2.78. The number of amides is 2. The molecule has 2 rings (SSSR count). The first-order valence-electron chi connectivity index (χ1n) is 7.06. The van der Waals surface area contributed by atoms with Gasteiger partial charge < -0.3 is 5.32 Å². The van der Waals surface area contributed by atoms with Gasteiger partial charge in [0.25, 0.3) is 0 Å². The fourth-order valence-corrected chi connectivity index (χ4v) is 3.29. The molecule has 20 heavy (non-hydrogen) atoms.